The molecular weight excluding hydrogens is 350 g/mol. The van der Waals surface area contributed by atoms with Crippen molar-refractivity contribution in [3.63, 3.8) is 0 Å². The van der Waals surface area contributed by atoms with Crippen LogP contribution in [0.1, 0.15) is 34.9 Å². The predicted octanol–water partition coefficient (Wildman–Crippen LogP) is 2.54. The van der Waals surface area contributed by atoms with Gasteiger partial charge < -0.3 is 14.6 Å². The number of nitrogens with zero attached hydrogens (tertiary/aromatic N) is 4. The molecule has 2 aliphatic rings. The molecule has 28 heavy (non-hydrogen) atoms. The summed E-state index contributed by atoms with van der Waals surface area (Å²) in [5.41, 5.74) is 2.61. The van der Waals surface area contributed by atoms with Crippen molar-refractivity contribution in [2.24, 2.45) is 0 Å². The summed E-state index contributed by atoms with van der Waals surface area (Å²) < 4.78 is 8.15. The number of morpholine rings is 1. The van der Waals surface area contributed by atoms with Crippen molar-refractivity contribution in [1.82, 2.24) is 25.0 Å². The van der Waals surface area contributed by atoms with E-state index >= 15 is 0 Å². The van der Waals surface area contributed by atoms with Crippen LogP contribution >= 0.6 is 0 Å². The third-order valence-electron chi connectivity index (χ3n) is 5.62. The Morgan fingerprint density at radius 3 is 2.29 bits per heavy atom. The van der Waals surface area contributed by atoms with Gasteiger partial charge in [-0.15, -0.1) is 10.2 Å². The molecule has 1 unspecified atom stereocenters. The highest BCUT2D eigenvalue weighted by Gasteiger charge is 2.31. The van der Waals surface area contributed by atoms with Crippen LogP contribution in [-0.4, -0.2) is 45.9 Å². The van der Waals surface area contributed by atoms with E-state index in [1.165, 1.54) is 11.1 Å². The van der Waals surface area contributed by atoms with E-state index in [0.29, 0.717) is 0 Å². The second-order valence-electron chi connectivity index (χ2n) is 7.38. The van der Waals surface area contributed by atoms with Gasteiger partial charge >= 0.3 is 0 Å². The summed E-state index contributed by atoms with van der Waals surface area (Å²) in [6, 6.07) is 21.7. The smallest absolute Gasteiger partial charge is 0.163 e. The van der Waals surface area contributed by atoms with Crippen molar-refractivity contribution in [2.75, 3.05) is 26.2 Å². The zero-order valence-electron chi connectivity index (χ0n) is 15.9. The van der Waals surface area contributed by atoms with Crippen LogP contribution < -0.4 is 5.32 Å². The summed E-state index contributed by atoms with van der Waals surface area (Å²) in [6.45, 7) is 5.05. The van der Waals surface area contributed by atoms with E-state index in [0.717, 1.165) is 51.0 Å². The first-order valence-corrected chi connectivity index (χ1v) is 9.98. The first kappa shape index (κ1) is 17.6. The minimum atomic E-state index is 0.000550. The molecule has 0 spiro atoms. The fraction of sp³-hybridized carbons (Fsp3) is 0.364. The van der Waals surface area contributed by atoms with Crippen LogP contribution in [-0.2, 0) is 17.8 Å². The number of aromatic nitrogens is 3. The van der Waals surface area contributed by atoms with Gasteiger partial charge in [0.1, 0.15) is 11.9 Å². The number of hydrogen-bond donors (Lipinski definition) is 1. The summed E-state index contributed by atoms with van der Waals surface area (Å²) in [6.07, 6.45) is 0.000550. The van der Waals surface area contributed by atoms with Gasteiger partial charge in [0, 0.05) is 26.2 Å². The normalized spacial score (nSPS) is 20.2. The average Bonchev–Trinajstić information content (AvgIpc) is 3.19. The number of fused-ring (bicyclic) bond motifs is 1. The van der Waals surface area contributed by atoms with Crippen LogP contribution in [0.25, 0.3) is 0 Å². The highest BCUT2D eigenvalue weighted by atomic mass is 16.5. The van der Waals surface area contributed by atoms with E-state index in [9.17, 15) is 0 Å². The molecule has 6 nitrogen and oxygen atoms in total. The molecule has 2 aliphatic heterocycles. The van der Waals surface area contributed by atoms with Crippen molar-refractivity contribution in [3.8, 4) is 0 Å². The molecule has 1 aromatic heterocycles. The molecule has 0 aliphatic carbocycles. The summed E-state index contributed by atoms with van der Waals surface area (Å²) in [4.78, 5) is 2.50. The molecule has 144 valence electrons. The zero-order valence-corrected chi connectivity index (χ0v) is 15.9. The van der Waals surface area contributed by atoms with Gasteiger partial charge in [-0.1, -0.05) is 60.7 Å². The predicted molar refractivity (Wildman–Crippen MR) is 107 cm³/mol. The first-order chi connectivity index (χ1) is 13.9. The number of rotatable bonds is 4. The van der Waals surface area contributed by atoms with Gasteiger partial charge in [-0.05, 0) is 11.1 Å². The average molecular weight is 375 g/mol. The highest BCUT2D eigenvalue weighted by molar-refractivity contribution is 5.32. The summed E-state index contributed by atoms with van der Waals surface area (Å²) in [5.74, 6) is 1.98. The van der Waals surface area contributed by atoms with Gasteiger partial charge in [0.2, 0.25) is 0 Å². The Kier molecular flexibility index (Phi) is 4.91. The molecule has 0 bridgehead atoms. The van der Waals surface area contributed by atoms with Crippen LogP contribution in [0, 0.1) is 0 Å². The van der Waals surface area contributed by atoms with Gasteiger partial charge in [-0.25, -0.2) is 0 Å². The Morgan fingerprint density at radius 2 is 1.64 bits per heavy atom. The van der Waals surface area contributed by atoms with Crippen LogP contribution in [0.4, 0.5) is 0 Å². The Balaban J connectivity index is 1.44. The molecule has 2 aromatic carbocycles. The molecule has 1 N–H and O–H groups in total. The maximum Gasteiger partial charge on any atom is 0.163 e. The van der Waals surface area contributed by atoms with Crippen molar-refractivity contribution in [3.05, 3.63) is 83.4 Å². The Morgan fingerprint density at radius 1 is 0.929 bits per heavy atom. The molecule has 3 heterocycles. The fourth-order valence-corrected chi connectivity index (χ4v) is 4.27. The molecule has 5 rings (SSSR count). The van der Waals surface area contributed by atoms with E-state index < -0.39 is 0 Å². The van der Waals surface area contributed by atoms with Crippen molar-refractivity contribution >= 4 is 0 Å². The molecular formula is C22H25N5O. The lowest BCUT2D eigenvalue weighted by Gasteiger charge is -2.36. The summed E-state index contributed by atoms with van der Waals surface area (Å²) in [5, 5.41) is 12.4. The van der Waals surface area contributed by atoms with Crippen molar-refractivity contribution in [1.29, 1.82) is 0 Å². The quantitative estimate of drug-likeness (QED) is 0.760. The Bertz CT molecular complexity index is 866. The zero-order chi connectivity index (χ0) is 18.8. The van der Waals surface area contributed by atoms with Crippen LogP contribution in [0.5, 0.6) is 0 Å². The topological polar surface area (TPSA) is 55.2 Å². The molecule has 1 saturated heterocycles. The SMILES string of the molecule is c1ccc(C(c2ccccc2)N2CCn3c(nnc3C3CNCCO3)C2)cc1. The van der Waals surface area contributed by atoms with E-state index in [4.69, 9.17) is 4.74 Å². The lowest BCUT2D eigenvalue weighted by molar-refractivity contribution is 0.0184. The maximum absolute atomic E-state index is 5.90. The van der Waals surface area contributed by atoms with Crippen molar-refractivity contribution < 1.29 is 4.74 Å². The Labute approximate surface area is 165 Å². The molecule has 0 amide bonds. The molecule has 3 aromatic rings. The number of hydrogen-bond acceptors (Lipinski definition) is 5. The largest absolute Gasteiger partial charge is 0.368 e. The first-order valence-electron chi connectivity index (χ1n) is 9.98. The van der Waals surface area contributed by atoms with Gasteiger partial charge in [-0.2, -0.15) is 0 Å². The minimum Gasteiger partial charge on any atom is -0.368 e. The van der Waals surface area contributed by atoms with Crippen LogP contribution in [0.15, 0.2) is 60.7 Å². The standard InChI is InChI=1S/C22H25N5O/c1-3-7-17(8-4-1)21(18-9-5-2-6-10-18)26-12-13-27-20(16-26)24-25-22(27)19-15-23-11-14-28-19/h1-10,19,21,23H,11-16H2. The lowest BCUT2D eigenvalue weighted by atomic mass is 9.96. The fourth-order valence-electron chi connectivity index (χ4n) is 4.27. The molecule has 0 saturated carbocycles. The number of nitrogens with one attached hydrogen (secondary N) is 1. The molecule has 1 fully saturated rings. The van der Waals surface area contributed by atoms with Gasteiger partial charge in [-0.3, -0.25) is 4.90 Å². The number of ether oxygens (including phenoxy) is 1. The summed E-state index contributed by atoms with van der Waals surface area (Å²) in [7, 11) is 0. The van der Waals surface area contributed by atoms with Gasteiger partial charge in [0.15, 0.2) is 5.82 Å². The van der Waals surface area contributed by atoms with E-state index in [-0.39, 0.29) is 12.1 Å². The maximum atomic E-state index is 5.90. The molecule has 1 atom stereocenters. The van der Waals surface area contributed by atoms with E-state index in [2.05, 4.69) is 85.6 Å². The van der Waals surface area contributed by atoms with Crippen molar-refractivity contribution in [2.45, 2.75) is 25.2 Å². The third kappa shape index (κ3) is 3.35. The minimum absolute atomic E-state index is 0.000550. The third-order valence-corrected chi connectivity index (χ3v) is 5.62. The Hall–Kier alpha value is -2.54. The second kappa shape index (κ2) is 7.83. The second-order valence-corrected chi connectivity index (χ2v) is 7.38. The summed E-state index contributed by atoms with van der Waals surface area (Å²) >= 11 is 0. The monoisotopic (exact) mass is 375 g/mol. The van der Waals surface area contributed by atoms with Gasteiger partial charge in [0.05, 0.1) is 19.2 Å². The van der Waals surface area contributed by atoms with Crippen LogP contribution in [0.2, 0.25) is 0 Å². The van der Waals surface area contributed by atoms with E-state index in [1.54, 1.807) is 0 Å². The molecule has 0 radical (unpaired) electrons. The number of benzene rings is 2. The highest BCUT2D eigenvalue weighted by Crippen LogP contribution is 2.32. The van der Waals surface area contributed by atoms with Gasteiger partial charge in [0.25, 0.3) is 0 Å². The lowest BCUT2D eigenvalue weighted by Crippen LogP contribution is -2.39. The van der Waals surface area contributed by atoms with E-state index in [1.807, 2.05) is 0 Å². The molecule has 6 heteroatoms. The van der Waals surface area contributed by atoms with Crippen LogP contribution in [0.3, 0.4) is 0 Å².